The molecule has 22 heterocycles. The second-order valence-corrected chi connectivity index (χ2v) is 18.2. The molecule has 422 valence electrons. The average molecular weight is 1070 g/mol. The zero-order valence-electron chi connectivity index (χ0n) is 38.2. The van der Waals surface area contributed by atoms with Crippen LogP contribution in [0.1, 0.15) is 12.8 Å². The molecule has 30 atom stereocenters. The van der Waals surface area contributed by atoms with Crippen molar-refractivity contribution >= 4 is 11.9 Å². The summed E-state index contributed by atoms with van der Waals surface area (Å²) < 4.78 is 73.6. The molecule has 73 heavy (non-hydrogen) atoms. The summed E-state index contributed by atoms with van der Waals surface area (Å²) in [6.45, 7) is -6.17. The fourth-order valence-electron chi connectivity index (χ4n) is 9.37. The molecule has 0 aromatic rings. The predicted octanol–water partition coefficient (Wildman–Crippen LogP) is -12.6. The normalized spacial score (nSPS) is 51.0. The Morgan fingerprint density at radius 2 is 0.507 bits per heavy atom. The molecule has 30 unspecified atom stereocenters. The summed E-state index contributed by atoms with van der Waals surface area (Å²) in [7, 11) is 0. The van der Waals surface area contributed by atoms with Crippen LogP contribution < -0.4 is 0 Å². The molecule has 0 radical (unpaired) electrons. The number of carbonyl (C=O) groups is 2. The summed E-state index contributed by atoms with van der Waals surface area (Å²) in [4.78, 5) is 23.6. The van der Waals surface area contributed by atoms with Crippen molar-refractivity contribution in [2.45, 2.75) is 197 Å². The van der Waals surface area contributed by atoms with Crippen molar-refractivity contribution in [3.63, 3.8) is 0 Å². The van der Waals surface area contributed by atoms with Crippen LogP contribution in [0.15, 0.2) is 0 Å². The first-order valence-corrected chi connectivity index (χ1v) is 23.1. The maximum atomic E-state index is 12.5. The third-order valence-electron chi connectivity index (χ3n) is 13.4. The third kappa shape index (κ3) is 12.2. The Morgan fingerprint density at radius 3 is 0.712 bits per heavy atom. The maximum absolute atomic E-state index is 12.5. The van der Waals surface area contributed by atoms with Gasteiger partial charge in [-0.2, -0.15) is 0 Å². The Kier molecular flexibility index (Phi) is 20.1. The molecule has 22 rings (SSSR count). The van der Waals surface area contributed by atoms with Gasteiger partial charge in [0.15, 0.2) is 37.7 Å². The first-order chi connectivity index (χ1) is 34.7. The minimum Gasteiger partial charge on any atom is -0.481 e. The lowest BCUT2D eigenvalue weighted by Crippen LogP contribution is -2.69. The molecule has 22 aliphatic heterocycles. The number of carbonyl (C=O) groups excluding carboxylic acids is 1. The van der Waals surface area contributed by atoms with Crippen molar-refractivity contribution in [2.75, 3.05) is 39.6 Å². The van der Waals surface area contributed by atoms with E-state index in [0.29, 0.717) is 0 Å². The van der Waals surface area contributed by atoms with Crippen molar-refractivity contribution in [1.29, 1.82) is 0 Å². The van der Waals surface area contributed by atoms with Crippen LogP contribution in [0, 0.1) is 0 Å². The zero-order chi connectivity index (χ0) is 53.3. The summed E-state index contributed by atoms with van der Waals surface area (Å²) in [5, 5.41) is 196. The van der Waals surface area contributed by atoms with Crippen molar-refractivity contribution in [1.82, 2.24) is 0 Å². The molecular formula is C40H64O33. The monoisotopic (exact) mass is 1070 g/mol. The lowest BCUT2D eigenvalue weighted by atomic mass is 9.94. The third-order valence-corrected chi connectivity index (χ3v) is 13.4. The van der Waals surface area contributed by atoms with E-state index >= 15 is 0 Å². The van der Waals surface area contributed by atoms with Gasteiger partial charge in [-0.05, 0) is 0 Å². The topological polar surface area (TPSA) is 518 Å². The van der Waals surface area contributed by atoms with E-state index in [2.05, 4.69) is 0 Å². The molecule has 33 heteroatoms. The van der Waals surface area contributed by atoms with Crippen LogP contribution >= 0.6 is 0 Å². The van der Waals surface area contributed by atoms with Crippen LogP contribution in [0.3, 0.4) is 0 Å². The van der Waals surface area contributed by atoms with Crippen LogP contribution in [0.2, 0.25) is 0 Å². The average Bonchev–Trinajstić information content (AvgIpc) is 3.37. The molecule has 22 aliphatic rings. The van der Waals surface area contributed by atoms with Gasteiger partial charge in [0, 0.05) is 0 Å². The SMILES string of the molecule is O=C(O)CCC(=O)OCC1OC2OC3C(CO)OC(OC4C(CO)OC(OC5C(CO)OC(OC6C(CO)OC(OC7C(CO)OC(OC1C(O)C2O)C(O)C7O)C(O)C6O)C(O)C5O)C(O)C4O)C(O)C3O. The number of aliphatic hydroxyl groups is 17. The fourth-order valence-corrected chi connectivity index (χ4v) is 9.37. The van der Waals surface area contributed by atoms with Gasteiger partial charge in [0.25, 0.3) is 0 Å². The number of carboxylic acid groups (broad SMARTS) is 1. The molecule has 0 aromatic heterocycles. The van der Waals surface area contributed by atoms with Crippen molar-refractivity contribution in [3.05, 3.63) is 0 Å². The Hall–Kier alpha value is -2.22. The van der Waals surface area contributed by atoms with Crippen LogP contribution in [-0.4, -0.2) is 328 Å². The standard InChI is InChI=1S/C40H64O33/c41-3-9-29-17(49)23(55)35(62-9)69-30-10(4-42)64-37(25(57)19(30)51)71-32-12(6-44)66-39(27(59)21(32)53)73-34-14(8-61-16(48)2-1-15(46)47)67-40(28(60)22(34)54)72-33-13(7-45)65-38(26(58)20(33)52)70-31-11(5-43)63-36(68-29)24(56)18(31)50/h9-14,17-45,49-60H,1-8H2,(H,46,47). The van der Waals surface area contributed by atoms with Gasteiger partial charge in [-0.3, -0.25) is 9.59 Å². The van der Waals surface area contributed by atoms with Gasteiger partial charge in [0.05, 0.1) is 45.9 Å². The first-order valence-electron chi connectivity index (χ1n) is 23.1. The van der Waals surface area contributed by atoms with E-state index in [1.807, 2.05) is 0 Å². The van der Waals surface area contributed by atoms with E-state index < -0.39 is 249 Å². The second kappa shape index (κ2) is 25.1. The Balaban J connectivity index is 1.21. The fraction of sp³-hybridized carbons (Fsp3) is 0.950. The van der Waals surface area contributed by atoms with Gasteiger partial charge in [-0.1, -0.05) is 0 Å². The van der Waals surface area contributed by atoms with Gasteiger partial charge < -0.3 is 153 Å². The van der Waals surface area contributed by atoms with E-state index in [1.54, 1.807) is 0 Å². The molecule has 22 fully saturated rings. The van der Waals surface area contributed by atoms with Crippen LogP contribution in [0.25, 0.3) is 0 Å². The summed E-state index contributed by atoms with van der Waals surface area (Å²) in [5.74, 6) is -2.50. The molecule has 0 aliphatic carbocycles. The highest BCUT2D eigenvalue weighted by Gasteiger charge is 2.59. The van der Waals surface area contributed by atoms with Crippen molar-refractivity contribution in [3.8, 4) is 0 Å². The summed E-state index contributed by atoms with van der Waals surface area (Å²) in [6.07, 6.45) is -62.1. The summed E-state index contributed by atoms with van der Waals surface area (Å²) in [5.41, 5.74) is 0. The van der Waals surface area contributed by atoms with Gasteiger partial charge in [0.1, 0.15) is 153 Å². The van der Waals surface area contributed by atoms with Gasteiger partial charge in [-0.15, -0.1) is 0 Å². The number of hydrogen-bond acceptors (Lipinski definition) is 32. The predicted molar refractivity (Wildman–Crippen MR) is 217 cm³/mol. The van der Waals surface area contributed by atoms with Crippen molar-refractivity contribution in [2.24, 2.45) is 0 Å². The highest BCUT2D eigenvalue weighted by atomic mass is 16.8. The van der Waals surface area contributed by atoms with E-state index in [0.717, 1.165) is 0 Å². The highest BCUT2D eigenvalue weighted by molar-refractivity contribution is 5.76. The van der Waals surface area contributed by atoms with E-state index in [9.17, 15) is 96.4 Å². The Labute approximate surface area is 411 Å². The number of hydrogen-bond donors (Lipinski definition) is 18. The minimum absolute atomic E-state index is 0.674. The molecule has 12 bridgehead atoms. The second-order valence-electron chi connectivity index (χ2n) is 18.2. The van der Waals surface area contributed by atoms with Crippen LogP contribution in [0.4, 0.5) is 0 Å². The van der Waals surface area contributed by atoms with Gasteiger partial charge >= 0.3 is 11.9 Å². The van der Waals surface area contributed by atoms with Gasteiger partial charge in [-0.25, -0.2) is 0 Å². The maximum Gasteiger partial charge on any atom is 0.306 e. The van der Waals surface area contributed by atoms with Crippen molar-refractivity contribution < 1.29 is 163 Å². The first kappa shape index (κ1) is 58.5. The lowest BCUT2D eigenvalue weighted by molar-refractivity contribution is -0.404. The molecule has 22 saturated heterocycles. The largest absolute Gasteiger partial charge is 0.481 e. The van der Waals surface area contributed by atoms with Gasteiger partial charge in [0.2, 0.25) is 0 Å². The number of ether oxygens (including phenoxy) is 13. The highest BCUT2D eigenvalue weighted by Crippen LogP contribution is 2.38. The Bertz CT molecular complexity index is 1760. The van der Waals surface area contributed by atoms with Crippen LogP contribution in [-0.2, 0) is 71.2 Å². The van der Waals surface area contributed by atoms with E-state index in [-0.39, 0.29) is 0 Å². The number of aliphatic carboxylic acids is 1. The minimum atomic E-state index is -2.27. The number of carboxylic acids is 1. The quantitative estimate of drug-likeness (QED) is 0.0903. The molecule has 0 saturated carbocycles. The number of esters is 1. The summed E-state index contributed by atoms with van der Waals surface area (Å²) in [6, 6.07) is 0. The number of rotatable bonds is 10. The van der Waals surface area contributed by atoms with Crippen LogP contribution in [0.5, 0.6) is 0 Å². The molecule has 18 N–H and O–H groups in total. The molecule has 33 nitrogen and oxygen atoms in total. The van der Waals surface area contributed by atoms with E-state index in [4.69, 9.17) is 66.7 Å². The summed E-state index contributed by atoms with van der Waals surface area (Å²) >= 11 is 0. The lowest BCUT2D eigenvalue weighted by Gasteiger charge is -2.50. The molecule has 0 spiro atoms. The Morgan fingerprint density at radius 1 is 0.301 bits per heavy atom. The molecule has 0 amide bonds. The molecular weight excluding hydrogens is 1010 g/mol. The van der Waals surface area contributed by atoms with E-state index in [1.165, 1.54) is 0 Å². The number of aliphatic hydroxyl groups excluding tert-OH is 17. The molecule has 0 aromatic carbocycles. The smallest absolute Gasteiger partial charge is 0.306 e. The zero-order valence-corrected chi connectivity index (χ0v) is 38.2.